The summed E-state index contributed by atoms with van der Waals surface area (Å²) in [4.78, 5) is 60.3. The Morgan fingerprint density at radius 2 is 1.85 bits per heavy atom. The molecule has 0 aromatic carbocycles. The Labute approximate surface area is 283 Å². The molecule has 3 rings (SSSR count). The fourth-order valence-corrected chi connectivity index (χ4v) is 7.92. The van der Waals surface area contributed by atoms with E-state index in [0.29, 0.717) is 18.7 Å². The van der Waals surface area contributed by atoms with E-state index in [0.717, 1.165) is 11.2 Å². The Bertz CT molecular complexity index is 1490. The smallest absolute Gasteiger partial charge is 0.330 e. The van der Waals surface area contributed by atoms with E-state index in [9.17, 15) is 32.7 Å². The summed E-state index contributed by atoms with van der Waals surface area (Å²) < 4.78 is 38.9. The van der Waals surface area contributed by atoms with Crippen molar-refractivity contribution in [3.05, 3.63) is 53.8 Å². The molecule has 5 atom stereocenters. The van der Waals surface area contributed by atoms with Gasteiger partial charge in [0, 0.05) is 32.0 Å². The minimum Gasteiger partial charge on any atom is -0.460 e. The summed E-state index contributed by atoms with van der Waals surface area (Å²) in [6.07, 6.45) is 6.68. The van der Waals surface area contributed by atoms with E-state index < -0.39 is 51.1 Å². The molecule has 0 spiro atoms. The van der Waals surface area contributed by atoms with E-state index in [1.807, 2.05) is 32.6 Å². The number of aromatic nitrogens is 1. The van der Waals surface area contributed by atoms with Gasteiger partial charge in [-0.1, -0.05) is 64.5 Å². The van der Waals surface area contributed by atoms with E-state index in [4.69, 9.17) is 9.15 Å². The summed E-state index contributed by atoms with van der Waals surface area (Å²) in [5, 5.41) is 11.9. The van der Waals surface area contributed by atoms with E-state index in [1.165, 1.54) is 12.2 Å². The zero-order valence-corrected chi connectivity index (χ0v) is 29.6. The van der Waals surface area contributed by atoms with Gasteiger partial charge in [0.05, 0.1) is 23.5 Å². The van der Waals surface area contributed by atoms with Gasteiger partial charge in [0.1, 0.15) is 24.2 Å². The summed E-state index contributed by atoms with van der Waals surface area (Å²) in [6.45, 7) is 12.9. The monoisotopic (exact) mass is 690 g/mol. The molecule has 3 heterocycles. The molecule has 1 aromatic rings. The number of amides is 2. The van der Waals surface area contributed by atoms with Gasteiger partial charge in [0.2, 0.25) is 11.8 Å². The maximum atomic E-state index is 14.0. The second kappa shape index (κ2) is 17.7. The van der Waals surface area contributed by atoms with Gasteiger partial charge < -0.3 is 29.4 Å². The number of nitrogens with one attached hydrogen (secondary N) is 1. The number of esters is 1. The average molecular weight is 691 g/mol. The molecule has 2 aliphatic rings. The van der Waals surface area contributed by atoms with Crippen LogP contribution in [0.15, 0.2) is 46.6 Å². The average Bonchev–Trinajstić information content (AvgIpc) is 3.68. The third-order valence-corrected chi connectivity index (χ3v) is 10.8. The van der Waals surface area contributed by atoms with Crippen LogP contribution < -0.4 is 5.32 Å². The number of oxazole rings is 1. The van der Waals surface area contributed by atoms with Crippen LogP contribution >= 0.6 is 0 Å². The Kier molecular flexibility index (Phi) is 14.3. The van der Waals surface area contributed by atoms with Crippen LogP contribution in [0.2, 0.25) is 0 Å². The molecular weight excluding hydrogens is 640 g/mol. The number of ketones is 1. The van der Waals surface area contributed by atoms with Crippen LogP contribution in [0, 0.1) is 11.8 Å². The van der Waals surface area contributed by atoms with Crippen molar-refractivity contribution in [1.82, 2.24) is 20.1 Å². The highest BCUT2D eigenvalue weighted by Gasteiger charge is 2.50. The van der Waals surface area contributed by atoms with Gasteiger partial charge in [0.15, 0.2) is 15.5 Å². The Hall–Kier alpha value is -3.62. The number of hydrogen-bond acceptors (Lipinski definition) is 11. The molecule has 2 amide bonds. The number of fused-ring (bicyclic) bond motifs is 3. The number of aliphatic hydroxyl groups is 1. The first kappa shape index (κ1) is 38.8. The quantitative estimate of drug-likeness (QED) is 0.402. The minimum atomic E-state index is -3.87. The molecule has 48 heavy (non-hydrogen) atoms. The molecule has 0 aliphatic carbocycles. The molecule has 1 unspecified atom stereocenters. The number of aliphatic hydroxyl groups excluding tert-OH is 1. The van der Waals surface area contributed by atoms with Crippen LogP contribution in [0.5, 0.6) is 0 Å². The third-order valence-electron chi connectivity index (χ3n) is 8.66. The lowest BCUT2D eigenvalue weighted by molar-refractivity contribution is -0.157. The number of allylic oxidation sites excluding steroid dienone is 2. The number of ether oxygens (including phenoxy) is 1. The lowest BCUT2D eigenvalue weighted by atomic mass is 9.94. The van der Waals surface area contributed by atoms with Crippen LogP contribution in [0.25, 0.3) is 0 Å². The van der Waals surface area contributed by atoms with E-state index in [2.05, 4.69) is 10.3 Å². The van der Waals surface area contributed by atoms with Gasteiger partial charge in [-0.25, -0.2) is 18.2 Å². The van der Waals surface area contributed by atoms with Crippen LogP contribution in [-0.2, 0) is 35.4 Å². The molecule has 1 fully saturated rings. The molecule has 0 radical (unpaired) electrons. The molecule has 1 aromatic heterocycles. The molecular formula is C34H50N4O9S. The summed E-state index contributed by atoms with van der Waals surface area (Å²) in [7, 11) is -3.87. The fourth-order valence-electron chi connectivity index (χ4n) is 5.99. The van der Waals surface area contributed by atoms with Crippen molar-refractivity contribution < 1.29 is 41.9 Å². The Morgan fingerprint density at radius 3 is 2.52 bits per heavy atom. The largest absolute Gasteiger partial charge is 0.460 e. The van der Waals surface area contributed by atoms with Crippen LogP contribution in [0.4, 0.5) is 0 Å². The van der Waals surface area contributed by atoms with Gasteiger partial charge in [0.25, 0.3) is 5.91 Å². The molecule has 2 bridgehead atoms. The fraction of sp³-hybridized carbons (Fsp3) is 0.618. The summed E-state index contributed by atoms with van der Waals surface area (Å²) >= 11 is 0. The zero-order chi connectivity index (χ0) is 35.6. The molecule has 2 N–H and O–H groups in total. The van der Waals surface area contributed by atoms with Gasteiger partial charge in [-0.05, 0) is 38.4 Å². The van der Waals surface area contributed by atoms with Gasteiger partial charge >= 0.3 is 5.97 Å². The van der Waals surface area contributed by atoms with Crippen molar-refractivity contribution in [1.29, 1.82) is 0 Å². The molecule has 0 saturated carbocycles. The maximum Gasteiger partial charge on any atom is 0.330 e. The number of carbonyl (C=O) groups excluding carboxylic acids is 4. The number of nitrogens with zero attached hydrogens (tertiary/aromatic N) is 3. The van der Waals surface area contributed by atoms with Gasteiger partial charge in [-0.2, -0.15) is 0 Å². The highest BCUT2D eigenvalue weighted by molar-refractivity contribution is 7.92. The molecule has 1 saturated heterocycles. The van der Waals surface area contributed by atoms with E-state index >= 15 is 0 Å². The van der Waals surface area contributed by atoms with Crippen molar-refractivity contribution in [2.45, 2.75) is 84.3 Å². The number of cyclic esters (lactones) is 1. The van der Waals surface area contributed by atoms with Gasteiger partial charge in [-0.15, -0.1) is 0 Å². The predicted molar refractivity (Wildman–Crippen MR) is 180 cm³/mol. The second-order valence-corrected chi connectivity index (χ2v) is 15.0. The Balaban J connectivity index is 2.00. The topological polar surface area (TPSA) is 176 Å². The summed E-state index contributed by atoms with van der Waals surface area (Å²) in [6, 6.07) is -1.44. The molecule has 266 valence electrons. The van der Waals surface area contributed by atoms with Crippen LogP contribution in [-0.4, -0.2) is 114 Å². The number of hydrogen-bond donors (Lipinski definition) is 2. The lowest BCUT2D eigenvalue weighted by Gasteiger charge is -2.31. The summed E-state index contributed by atoms with van der Waals surface area (Å²) in [5.74, 6) is -3.23. The number of sulfone groups is 1. The first-order chi connectivity index (χ1) is 22.7. The zero-order valence-electron chi connectivity index (χ0n) is 28.8. The molecule has 14 heteroatoms. The van der Waals surface area contributed by atoms with Crippen molar-refractivity contribution in [2.75, 3.05) is 38.5 Å². The first-order valence-corrected chi connectivity index (χ1v) is 18.3. The Morgan fingerprint density at radius 1 is 1.15 bits per heavy atom. The number of Topliss-reactive ketones (excluding diaryl/α,β-unsaturated/α-hetero) is 1. The van der Waals surface area contributed by atoms with Crippen LogP contribution in [0.1, 0.15) is 70.8 Å². The van der Waals surface area contributed by atoms with E-state index in [1.54, 1.807) is 32.1 Å². The normalized spacial score (nSPS) is 25.6. The SMILES string of the molecule is CCN(CC)CCS(=O)(=O)[C@@H]1CCN2C(=O)c3coc(n3)CC(=O)C[C@H](O)C=C(C)C=CCNC(=O)C=C[C@@H](C)[C@@H](C(C)C)OC(=O)C12. The van der Waals surface area contributed by atoms with Crippen molar-refractivity contribution in [3.63, 3.8) is 0 Å². The van der Waals surface area contributed by atoms with Crippen molar-refractivity contribution in [2.24, 2.45) is 11.8 Å². The van der Waals surface area contributed by atoms with Crippen molar-refractivity contribution in [3.8, 4) is 0 Å². The minimum absolute atomic E-state index is 0.0243. The highest BCUT2D eigenvalue weighted by atomic mass is 32.2. The van der Waals surface area contributed by atoms with Gasteiger partial charge in [-0.3, -0.25) is 14.4 Å². The predicted octanol–water partition coefficient (Wildman–Crippen LogP) is 2.27. The second-order valence-electron chi connectivity index (χ2n) is 12.7. The molecule has 13 nitrogen and oxygen atoms in total. The number of carbonyl (C=O) groups is 4. The third kappa shape index (κ3) is 10.7. The van der Waals surface area contributed by atoms with E-state index in [-0.39, 0.29) is 73.8 Å². The number of rotatable bonds is 7. The first-order valence-electron chi connectivity index (χ1n) is 16.6. The standard InChI is InChI=1S/C34H50N4O9S/c1-7-37(8-2)16-17-48(44,45)28-13-15-38-31(28)34(43)47-32(22(3)4)24(6)11-12-29(41)35-14-9-10-23(5)18-25(39)19-26(40)20-30-36-27(21-46-30)33(38)42/h9-12,18,21-22,24-25,28,31-32,39H,7-8,13-17,19-20H2,1-6H3,(H,35,41)/t24-,25-,28-,31?,32-/m1/s1. The maximum absolute atomic E-state index is 14.0. The van der Waals surface area contributed by atoms with Crippen LogP contribution in [0.3, 0.4) is 0 Å². The molecule has 2 aliphatic heterocycles. The highest BCUT2D eigenvalue weighted by Crippen LogP contribution is 2.30. The lowest BCUT2D eigenvalue weighted by Crippen LogP contribution is -2.50. The summed E-state index contributed by atoms with van der Waals surface area (Å²) in [5.41, 5.74) is 0.505. The van der Waals surface area contributed by atoms with Crippen molar-refractivity contribution >= 4 is 33.4 Å².